The first-order chi connectivity index (χ1) is 9.34. The summed E-state index contributed by atoms with van der Waals surface area (Å²) in [7, 11) is 0. The standard InChI is InChI=1S/C17H19NO/c1-13(14-7-3-2-4-8-14)11-18-16-12-19-17-10-6-5-9-15(16)17/h2-10,13,16,18H,11-12H2,1H3. The van der Waals surface area contributed by atoms with Crippen molar-refractivity contribution in [1.29, 1.82) is 0 Å². The third-order valence-electron chi connectivity index (χ3n) is 3.74. The molecule has 0 aliphatic carbocycles. The monoisotopic (exact) mass is 253 g/mol. The van der Waals surface area contributed by atoms with E-state index < -0.39 is 0 Å². The Balaban J connectivity index is 1.62. The largest absolute Gasteiger partial charge is 0.491 e. The maximum Gasteiger partial charge on any atom is 0.124 e. The van der Waals surface area contributed by atoms with Crippen LogP contribution in [0.2, 0.25) is 0 Å². The fourth-order valence-corrected chi connectivity index (χ4v) is 2.55. The Morgan fingerprint density at radius 2 is 1.84 bits per heavy atom. The second-order valence-electron chi connectivity index (χ2n) is 5.12. The second-order valence-corrected chi connectivity index (χ2v) is 5.12. The first-order valence-electron chi connectivity index (χ1n) is 6.84. The van der Waals surface area contributed by atoms with Gasteiger partial charge in [0.25, 0.3) is 0 Å². The van der Waals surface area contributed by atoms with Crippen LogP contribution >= 0.6 is 0 Å². The minimum atomic E-state index is 0.322. The molecule has 19 heavy (non-hydrogen) atoms. The van der Waals surface area contributed by atoms with Gasteiger partial charge in [-0.05, 0) is 17.5 Å². The van der Waals surface area contributed by atoms with Crippen molar-refractivity contribution in [3.63, 3.8) is 0 Å². The van der Waals surface area contributed by atoms with Crippen LogP contribution in [0.3, 0.4) is 0 Å². The predicted octanol–water partition coefficient (Wildman–Crippen LogP) is 3.51. The van der Waals surface area contributed by atoms with Crippen LogP contribution in [0, 0.1) is 0 Å². The van der Waals surface area contributed by atoms with Crippen molar-refractivity contribution in [1.82, 2.24) is 5.32 Å². The van der Waals surface area contributed by atoms with Crippen LogP contribution in [0.5, 0.6) is 5.75 Å². The van der Waals surface area contributed by atoms with Gasteiger partial charge < -0.3 is 10.1 Å². The zero-order valence-electron chi connectivity index (χ0n) is 11.2. The van der Waals surface area contributed by atoms with Gasteiger partial charge in [0.15, 0.2) is 0 Å². The van der Waals surface area contributed by atoms with Crippen LogP contribution in [0.15, 0.2) is 54.6 Å². The van der Waals surface area contributed by atoms with Crippen LogP contribution in [0.1, 0.15) is 30.0 Å². The van der Waals surface area contributed by atoms with E-state index in [0.717, 1.165) is 18.9 Å². The predicted molar refractivity (Wildman–Crippen MR) is 77.5 cm³/mol. The Morgan fingerprint density at radius 1 is 1.11 bits per heavy atom. The number of hydrogen-bond acceptors (Lipinski definition) is 2. The van der Waals surface area contributed by atoms with Gasteiger partial charge in [0.1, 0.15) is 12.4 Å². The van der Waals surface area contributed by atoms with Gasteiger partial charge in [0, 0.05) is 12.1 Å². The molecular formula is C17H19NO. The molecule has 0 saturated carbocycles. The molecule has 0 fully saturated rings. The van der Waals surface area contributed by atoms with Gasteiger partial charge in [0.05, 0.1) is 6.04 Å². The van der Waals surface area contributed by atoms with Gasteiger partial charge in [-0.2, -0.15) is 0 Å². The van der Waals surface area contributed by atoms with E-state index in [2.05, 4.69) is 54.7 Å². The van der Waals surface area contributed by atoms with Crippen LogP contribution in [-0.4, -0.2) is 13.2 Å². The summed E-state index contributed by atoms with van der Waals surface area (Å²) in [5.74, 6) is 1.53. The Hall–Kier alpha value is -1.80. The lowest BCUT2D eigenvalue weighted by Crippen LogP contribution is -2.26. The van der Waals surface area contributed by atoms with Crippen LogP contribution in [0.4, 0.5) is 0 Å². The molecule has 1 N–H and O–H groups in total. The molecule has 1 aliphatic heterocycles. The highest BCUT2D eigenvalue weighted by Crippen LogP contribution is 2.31. The Kier molecular flexibility index (Phi) is 3.51. The average Bonchev–Trinajstić information content (AvgIpc) is 2.89. The summed E-state index contributed by atoms with van der Waals surface area (Å²) in [5.41, 5.74) is 2.66. The molecule has 0 saturated heterocycles. The molecule has 3 rings (SSSR count). The maximum absolute atomic E-state index is 5.69. The number of hydrogen-bond donors (Lipinski definition) is 1. The van der Waals surface area contributed by atoms with Crippen molar-refractivity contribution in [2.45, 2.75) is 18.9 Å². The molecule has 0 amide bonds. The fraction of sp³-hybridized carbons (Fsp3) is 0.294. The highest BCUT2D eigenvalue weighted by atomic mass is 16.5. The zero-order valence-corrected chi connectivity index (χ0v) is 11.2. The van der Waals surface area contributed by atoms with Gasteiger partial charge in [0.2, 0.25) is 0 Å². The van der Waals surface area contributed by atoms with Gasteiger partial charge in [-0.3, -0.25) is 0 Å². The summed E-state index contributed by atoms with van der Waals surface area (Å²) < 4.78 is 5.69. The van der Waals surface area contributed by atoms with Gasteiger partial charge >= 0.3 is 0 Å². The lowest BCUT2D eigenvalue weighted by atomic mass is 10.0. The number of nitrogens with one attached hydrogen (secondary N) is 1. The molecule has 2 heteroatoms. The highest BCUT2D eigenvalue weighted by molar-refractivity contribution is 5.39. The van der Waals surface area contributed by atoms with Gasteiger partial charge in [-0.1, -0.05) is 55.5 Å². The van der Waals surface area contributed by atoms with E-state index in [4.69, 9.17) is 4.74 Å². The molecule has 2 aromatic rings. The second kappa shape index (κ2) is 5.45. The molecule has 0 radical (unpaired) electrons. The summed E-state index contributed by atoms with van der Waals surface area (Å²) in [6, 6.07) is 19.2. The van der Waals surface area contributed by atoms with E-state index in [1.54, 1.807) is 0 Å². The van der Waals surface area contributed by atoms with Gasteiger partial charge in [-0.15, -0.1) is 0 Å². The van der Waals surface area contributed by atoms with Gasteiger partial charge in [-0.25, -0.2) is 0 Å². The van der Waals surface area contributed by atoms with Crippen molar-refractivity contribution in [3.05, 3.63) is 65.7 Å². The van der Waals surface area contributed by atoms with E-state index in [0.29, 0.717) is 12.0 Å². The maximum atomic E-state index is 5.69. The van der Waals surface area contributed by atoms with Crippen LogP contribution in [-0.2, 0) is 0 Å². The van der Waals surface area contributed by atoms with E-state index in [1.165, 1.54) is 11.1 Å². The normalized spacial score (nSPS) is 18.7. The molecule has 0 bridgehead atoms. The van der Waals surface area contributed by atoms with E-state index in [-0.39, 0.29) is 0 Å². The SMILES string of the molecule is CC(CNC1COc2ccccc21)c1ccccc1. The lowest BCUT2D eigenvalue weighted by Gasteiger charge is -2.16. The molecule has 2 aromatic carbocycles. The number of rotatable bonds is 4. The summed E-state index contributed by atoms with van der Waals surface area (Å²) >= 11 is 0. The molecule has 98 valence electrons. The molecule has 2 nitrogen and oxygen atoms in total. The number of benzene rings is 2. The molecule has 2 atom stereocenters. The molecule has 0 aromatic heterocycles. The zero-order chi connectivity index (χ0) is 13.1. The first kappa shape index (κ1) is 12.2. The number of ether oxygens (including phenoxy) is 1. The minimum absolute atomic E-state index is 0.322. The Bertz CT molecular complexity index is 538. The topological polar surface area (TPSA) is 21.3 Å². The van der Waals surface area contributed by atoms with Crippen molar-refractivity contribution < 1.29 is 4.74 Å². The average molecular weight is 253 g/mol. The Labute approximate surface area is 114 Å². The molecule has 1 heterocycles. The third-order valence-corrected chi connectivity index (χ3v) is 3.74. The van der Waals surface area contributed by atoms with Crippen molar-refractivity contribution in [2.75, 3.05) is 13.2 Å². The lowest BCUT2D eigenvalue weighted by molar-refractivity contribution is 0.309. The van der Waals surface area contributed by atoms with Crippen molar-refractivity contribution in [3.8, 4) is 5.75 Å². The number of fused-ring (bicyclic) bond motifs is 1. The van der Waals surface area contributed by atoms with Crippen molar-refractivity contribution >= 4 is 0 Å². The van der Waals surface area contributed by atoms with Crippen LogP contribution in [0.25, 0.3) is 0 Å². The quantitative estimate of drug-likeness (QED) is 0.900. The van der Waals surface area contributed by atoms with Crippen LogP contribution < -0.4 is 10.1 Å². The molecule has 2 unspecified atom stereocenters. The van der Waals surface area contributed by atoms with E-state index >= 15 is 0 Å². The third kappa shape index (κ3) is 2.64. The minimum Gasteiger partial charge on any atom is -0.491 e. The van der Waals surface area contributed by atoms with E-state index in [9.17, 15) is 0 Å². The summed E-state index contributed by atoms with van der Waals surface area (Å²) in [6.07, 6.45) is 0. The molecular weight excluding hydrogens is 234 g/mol. The van der Waals surface area contributed by atoms with E-state index in [1.807, 2.05) is 12.1 Å². The smallest absolute Gasteiger partial charge is 0.124 e. The molecule has 0 spiro atoms. The summed E-state index contributed by atoms with van der Waals surface area (Å²) in [5, 5.41) is 3.61. The fourth-order valence-electron chi connectivity index (χ4n) is 2.55. The highest BCUT2D eigenvalue weighted by Gasteiger charge is 2.23. The molecule has 1 aliphatic rings. The first-order valence-corrected chi connectivity index (χ1v) is 6.84. The van der Waals surface area contributed by atoms with Crippen molar-refractivity contribution in [2.24, 2.45) is 0 Å². The number of para-hydroxylation sites is 1. The summed E-state index contributed by atoms with van der Waals surface area (Å²) in [6.45, 7) is 3.96. The Morgan fingerprint density at radius 3 is 2.68 bits per heavy atom. The summed E-state index contributed by atoms with van der Waals surface area (Å²) in [4.78, 5) is 0.